The molecular formula is C20H34N2O2. The average molecular weight is 335 g/mol. The van der Waals surface area contributed by atoms with E-state index in [4.69, 9.17) is 0 Å². The maximum Gasteiger partial charge on any atom is 0.226 e. The maximum atomic E-state index is 13.3. The van der Waals surface area contributed by atoms with Crippen LogP contribution in [0.15, 0.2) is 0 Å². The van der Waals surface area contributed by atoms with Crippen LogP contribution in [0.1, 0.15) is 78.6 Å². The van der Waals surface area contributed by atoms with E-state index in [1.807, 2.05) is 0 Å². The van der Waals surface area contributed by atoms with Gasteiger partial charge >= 0.3 is 0 Å². The molecule has 0 aromatic heterocycles. The van der Waals surface area contributed by atoms with E-state index < -0.39 is 0 Å². The lowest BCUT2D eigenvalue weighted by atomic mass is 9.78. The summed E-state index contributed by atoms with van der Waals surface area (Å²) in [6.45, 7) is 6.66. The average Bonchev–Trinajstić information content (AvgIpc) is 2.60. The Morgan fingerprint density at radius 2 is 1.50 bits per heavy atom. The predicted molar refractivity (Wildman–Crippen MR) is 95.5 cm³/mol. The van der Waals surface area contributed by atoms with Crippen molar-refractivity contribution in [2.45, 2.75) is 96.7 Å². The van der Waals surface area contributed by atoms with Crippen molar-refractivity contribution in [3.8, 4) is 0 Å². The summed E-state index contributed by atoms with van der Waals surface area (Å²) in [5.74, 6) is 1.24. The van der Waals surface area contributed by atoms with E-state index in [0.29, 0.717) is 11.8 Å². The van der Waals surface area contributed by atoms with Crippen molar-refractivity contribution in [3.63, 3.8) is 0 Å². The van der Waals surface area contributed by atoms with Crippen molar-refractivity contribution in [2.75, 3.05) is 6.54 Å². The van der Waals surface area contributed by atoms with E-state index in [9.17, 15) is 9.59 Å². The molecule has 1 heterocycles. The summed E-state index contributed by atoms with van der Waals surface area (Å²) in [6.07, 6.45) is 10.8. The first-order valence-electron chi connectivity index (χ1n) is 10.1. The molecule has 2 amide bonds. The third kappa shape index (κ3) is 3.34. The highest BCUT2D eigenvalue weighted by Gasteiger charge is 2.45. The highest BCUT2D eigenvalue weighted by Crippen LogP contribution is 2.36. The van der Waals surface area contributed by atoms with E-state index in [0.717, 1.165) is 19.4 Å². The number of hydrogen-bond donors (Lipinski definition) is 0. The van der Waals surface area contributed by atoms with Gasteiger partial charge in [0.2, 0.25) is 11.8 Å². The Kier molecular flexibility index (Phi) is 5.51. The lowest BCUT2D eigenvalue weighted by Gasteiger charge is -2.53. The second-order valence-corrected chi connectivity index (χ2v) is 8.37. The van der Waals surface area contributed by atoms with Crippen molar-refractivity contribution in [2.24, 2.45) is 11.8 Å². The van der Waals surface area contributed by atoms with Gasteiger partial charge in [-0.1, -0.05) is 39.0 Å². The monoisotopic (exact) mass is 334 g/mol. The molecule has 0 N–H and O–H groups in total. The van der Waals surface area contributed by atoms with E-state index >= 15 is 0 Å². The molecule has 0 spiro atoms. The molecule has 4 atom stereocenters. The van der Waals surface area contributed by atoms with Gasteiger partial charge in [-0.15, -0.1) is 0 Å². The third-order valence-corrected chi connectivity index (χ3v) is 6.78. The van der Waals surface area contributed by atoms with Gasteiger partial charge in [0, 0.05) is 25.4 Å². The van der Waals surface area contributed by atoms with Crippen LogP contribution in [0.3, 0.4) is 0 Å². The van der Waals surface area contributed by atoms with Crippen molar-refractivity contribution in [1.29, 1.82) is 0 Å². The van der Waals surface area contributed by atoms with Gasteiger partial charge in [0.15, 0.2) is 0 Å². The molecule has 24 heavy (non-hydrogen) atoms. The fourth-order valence-corrected chi connectivity index (χ4v) is 5.51. The SMILES string of the molecule is CC(=O)N1C2CCCCC2N(C(=O)[C@H](C)C2CCCCC2)C[C@@H]1C. The van der Waals surface area contributed by atoms with Crippen molar-refractivity contribution in [1.82, 2.24) is 9.80 Å². The van der Waals surface area contributed by atoms with Crippen LogP contribution < -0.4 is 0 Å². The van der Waals surface area contributed by atoms with Crippen LogP contribution >= 0.6 is 0 Å². The quantitative estimate of drug-likeness (QED) is 0.774. The molecule has 1 aliphatic heterocycles. The summed E-state index contributed by atoms with van der Waals surface area (Å²) in [4.78, 5) is 29.7. The van der Waals surface area contributed by atoms with Crippen LogP contribution in [-0.2, 0) is 9.59 Å². The normalized spacial score (nSPS) is 33.0. The van der Waals surface area contributed by atoms with Crippen molar-refractivity contribution in [3.05, 3.63) is 0 Å². The van der Waals surface area contributed by atoms with Gasteiger partial charge in [-0.25, -0.2) is 0 Å². The highest BCUT2D eigenvalue weighted by molar-refractivity contribution is 5.80. The molecule has 2 saturated carbocycles. The number of fused-ring (bicyclic) bond motifs is 1. The first-order valence-corrected chi connectivity index (χ1v) is 10.1. The smallest absolute Gasteiger partial charge is 0.226 e. The Morgan fingerprint density at radius 1 is 0.917 bits per heavy atom. The van der Waals surface area contributed by atoms with Gasteiger partial charge in [0.25, 0.3) is 0 Å². The van der Waals surface area contributed by atoms with E-state index in [-0.39, 0.29) is 30.0 Å². The molecular weight excluding hydrogens is 300 g/mol. The minimum Gasteiger partial charge on any atom is -0.335 e. The van der Waals surface area contributed by atoms with Crippen LogP contribution in [0.25, 0.3) is 0 Å². The molecule has 2 unspecified atom stereocenters. The number of rotatable bonds is 2. The topological polar surface area (TPSA) is 40.6 Å². The Morgan fingerprint density at radius 3 is 2.12 bits per heavy atom. The molecule has 4 heteroatoms. The zero-order valence-corrected chi connectivity index (χ0v) is 15.7. The van der Waals surface area contributed by atoms with Gasteiger partial charge < -0.3 is 9.80 Å². The number of amides is 2. The summed E-state index contributed by atoms with van der Waals surface area (Å²) in [5.41, 5.74) is 0. The first-order chi connectivity index (χ1) is 11.5. The third-order valence-electron chi connectivity index (χ3n) is 6.78. The first kappa shape index (κ1) is 17.8. The van der Waals surface area contributed by atoms with E-state index in [2.05, 4.69) is 23.6 Å². The summed E-state index contributed by atoms with van der Waals surface area (Å²) in [7, 11) is 0. The maximum absolute atomic E-state index is 13.3. The zero-order chi connectivity index (χ0) is 17.3. The molecule has 4 nitrogen and oxygen atoms in total. The number of carbonyl (C=O) groups excluding carboxylic acids is 2. The number of hydrogen-bond acceptors (Lipinski definition) is 2. The van der Waals surface area contributed by atoms with Gasteiger partial charge in [0.05, 0.1) is 12.1 Å². The zero-order valence-electron chi connectivity index (χ0n) is 15.7. The fraction of sp³-hybridized carbons (Fsp3) is 0.900. The number of nitrogens with zero attached hydrogens (tertiary/aromatic N) is 2. The molecule has 2 aliphatic carbocycles. The minimum absolute atomic E-state index is 0.143. The molecule has 1 saturated heterocycles. The summed E-state index contributed by atoms with van der Waals surface area (Å²) in [6, 6.07) is 0.629. The van der Waals surface area contributed by atoms with Crippen molar-refractivity contribution < 1.29 is 9.59 Å². The fourth-order valence-electron chi connectivity index (χ4n) is 5.51. The van der Waals surface area contributed by atoms with Crippen LogP contribution in [0.4, 0.5) is 0 Å². The second-order valence-electron chi connectivity index (χ2n) is 8.37. The highest BCUT2D eigenvalue weighted by atomic mass is 16.2. The molecule has 3 aliphatic rings. The van der Waals surface area contributed by atoms with Crippen molar-refractivity contribution >= 4 is 11.8 Å². The summed E-state index contributed by atoms with van der Waals surface area (Å²) >= 11 is 0. The molecule has 0 aromatic carbocycles. The molecule has 0 bridgehead atoms. The minimum atomic E-state index is 0.143. The second kappa shape index (κ2) is 7.45. The van der Waals surface area contributed by atoms with Gasteiger partial charge in [-0.3, -0.25) is 9.59 Å². The lowest BCUT2D eigenvalue weighted by molar-refractivity contribution is -0.156. The van der Waals surface area contributed by atoms with Gasteiger partial charge in [0.1, 0.15) is 0 Å². The van der Waals surface area contributed by atoms with E-state index in [1.165, 1.54) is 44.9 Å². The Bertz CT molecular complexity index is 472. The number of piperazine rings is 1. The Balaban J connectivity index is 1.76. The standard InChI is InChI=1S/C20H34N2O2/c1-14-13-21(20(24)15(2)17-9-5-4-6-10-17)18-11-7-8-12-19(18)22(14)16(3)23/h14-15,17-19H,4-13H2,1-3H3/t14-,15+,18?,19?/m0/s1. The lowest BCUT2D eigenvalue weighted by Crippen LogP contribution is -2.66. The molecule has 0 aromatic rings. The number of carbonyl (C=O) groups is 2. The predicted octanol–water partition coefficient (Wildman–Crippen LogP) is 3.59. The molecule has 136 valence electrons. The summed E-state index contributed by atoms with van der Waals surface area (Å²) < 4.78 is 0. The van der Waals surface area contributed by atoms with Crippen LogP contribution in [0, 0.1) is 11.8 Å². The van der Waals surface area contributed by atoms with Gasteiger partial charge in [-0.2, -0.15) is 0 Å². The molecule has 3 rings (SSSR count). The summed E-state index contributed by atoms with van der Waals surface area (Å²) in [5, 5.41) is 0. The Labute approximate surface area is 146 Å². The van der Waals surface area contributed by atoms with Crippen LogP contribution in [-0.4, -0.2) is 46.3 Å². The largest absolute Gasteiger partial charge is 0.335 e. The van der Waals surface area contributed by atoms with Crippen LogP contribution in [0.5, 0.6) is 0 Å². The Hall–Kier alpha value is -1.06. The van der Waals surface area contributed by atoms with E-state index in [1.54, 1.807) is 6.92 Å². The van der Waals surface area contributed by atoms with Crippen LogP contribution in [0.2, 0.25) is 0 Å². The molecule has 3 fully saturated rings. The van der Waals surface area contributed by atoms with Gasteiger partial charge in [-0.05, 0) is 38.5 Å². The molecule has 0 radical (unpaired) electrons.